The topological polar surface area (TPSA) is 44.8 Å². The average Bonchev–Trinajstić information content (AvgIpc) is 3.22. The molecule has 0 saturated heterocycles. The Morgan fingerprint density at radius 1 is 0.964 bits per heavy atom. The first kappa shape index (κ1) is 19.7. The number of hydrogen-bond acceptors (Lipinski definition) is 5. The van der Waals surface area contributed by atoms with Crippen LogP contribution in [0.2, 0.25) is 0 Å². The summed E-state index contributed by atoms with van der Waals surface area (Å²) in [5.74, 6) is 1.17. The number of hydrogen-bond donors (Lipinski definition) is 0. The molecule has 144 valence electrons. The van der Waals surface area contributed by atoms with Gasteiger partial charge in [0.05, 0.1) is 20.8 Å². The maximum absolute atomic E-state index is 11.6. The largest absolute Gasteiger partial charge is 0.497 e. The van der Waals surface area contributed by atoms with Gasteiger partial charge in [-0.1, -0.05) is 12.1 Å². The molecular weight excluding hydrogens is 372 g/mol. The minimum absolute atomic E-state index is 0.350. The minimum Gasteiger partial charge on any atom is -0.497 e. The van der Waals surface area contributed by atoms with Crippen molar-refractivity contribution in [2.75, 3.05) is 20.8 Å². The second-order valence-corrected chi connectivity index (χ2v) is 7.02. The summed E-state index contributed by atoms with van der Waals surface area (Å²) >= 11 is 1.70. The summed E-state index contributed by atoms with van der Waals surface area (Å²) in [5.41, 5.74) is 3.00. The zero-order valence-electron chi connectivity index (χ0n) is 16.1. The van der Waals surface area contributed by atoms with E-state index in [1.54, 1.807) is 38.6 Å². The number of carbonyl (C=O) groups is 1. The fourth-order valence-corrected chi connectivity index (χ4v) is 3.79. The van der Waals surface area contributed by atoms with Crippen molar-refractivity contribution in [1.82, 2.24) is 0 Å². The third kappa shape index (κ3) is 4.61. The predicted octanol–water partition coefficient (Wildman–Crippen LogP) is 5.68. The second kappa shape index (κ2) is 9.24. The van der Waals surface area contributed by atoms with Crippen molar-refractivity contribution >= 4 is 23.4 Å². The highest BCUT2D eigenvalue weighted by Crippen LogP contribution is 2.37. The molecule has 3 aromatic rings. The lowest BCUT2D eigenvalue weighted by Gasteiger charge is -2.07. The molecule has 5 heteroatoms. The molecule has 0 aliphatic heterocycles. The summed E-state index contributed by atoms with van der Waals surface area (Å²) in [7, 11) is 3.28. The maximum Gasteiger partial charge on any atom is 0.330 e. The summed E-state index contributed by atoms with van der Waals surface area (Å²) in [5, 5.41) is 0. The Bertz CT molecular complexity index is 988. The monoisotopic (exact) mass is 394 g/mol. The Kier molecular flexibility index (Phi) is 6.50. The third-order valence-corrected chi connectivity index (χ3v) is 5.34. The fraction of sp³-hybridized carbons (Fsp3) is 0.174. The maximum atomic E-state index is 11.6. The third-order valence-electron chi connectivity index (χ3n) is 4.16. The van der Waals surface area contributed by atoms with Crippen LogP contribution >= 0.6 is 11.3 Å². The molecule has 0 N–H and O–H groups in total. The van der Waals surface area contributed by atoms with Gasteiger partial charge < -0.3 is 14.2 Å². The molecule has 0 amide bonds. The van der Waals surface area contributed by atoms with Crippen LogP contribution in [0, 0.1) is 0 Å². The van der Waals surface area contributed by atoms with Crippen molar-refractivity contribution in [3.63, 3.8) is 0 Å². The standard InChI is InChI=1S/C23H22O4S/c1-4-27-23(24)13-9-16-14-18(8-10-20(16)26-3)22-12-11-21(28-22)17-6-5-7-19(15-17)25-2/h5-15H,4H2,1-3H3/b13-9+. The lowest BCUT2D eigenvalue weighted by Crippen LogP contribution is -1.98. The van der Waals surface area contributed by atoms with Crippen molar-refractivity contribution in [3.05, 3.63) is 66.2 Å². The van der Waals surface area contributed by atoms with E-state index in [0.29, 0.717) is 12.4 Å². The molecule has 1 aromatic heterocycles. The molecule has 0 bridgehead atoms. The van der Waals surface area contributed by atoms with E-state index in [1.807, 2.05) is 36.4 Å². The van der Waals surface area contributed by atoms with E-state index in [4.69, 9.17) is 14.2 Å². The summed E-state index contributed by atoms with van der Waals surface area (Å²) in [6, 6.07) is 18.1. The summed E-state index contributed by atoms with van der Waals surface area (Å²) < 4.78 is 15.7. The highest BCUT2D eigenvalue weighted by Gasteiger charge is 2.09. The van der Waals surface area contributed by atoms with Crippen molar-refractivity contribution < 1.29 is 19.0 Å². The Balaban J connectivity index is 1.90. The normalized spacial score (nSPS) is 10.8. The molecule has 0 saturated carbocycles. The van der Waals surface area contributed by atoms with E-state index in [0.717, 1.165) is 32.2 Å². The predicted molar refractivity (Wildman–Crippen MR) is 114 cm³/mol. The van der Waals surface area contributed by atoms with Gasteiger partial charge >= 0.3 is 5.97 Å². The lowest BCUT2D eigenvalue weighted by molar-refractivity contribution is -0.137. The Labute approximate surface area is 169 Å². The van der Waals surface area contributed by atoms with Crippen LogP contribution in [-0.4, -0.2) is 26.8 Å². The van der Waals surface area contributed by atoms with Crippen molar-refractivity contribution in [3.8, 4) is 32.4 Å². The average molecular weight is 394 g/mol. The van der Waals surface area contributed by atoms with Gasteiger partial charge in [-0.05, 0) is 66.6 Å². The van der Waals surface area contributed by atoms with E-state index in [9.17, 15) is 4.79 Å². The fourth-order valence-electron chi connectivity index (χ4n) is 2.79. The zero-order chi connectivity index (χ0) is 19.9. The molecule has 0 spiro atoms. The molecule has 4 nitrogen and oxygen atoms in total. The summed E-state index contributed by atoms with van der Waals surface area (Å²) in [6.45, 7) is 2.13. The van der Waals surface area contributed by atoms with E-state index in [-0.39, 0.29) is 5.97 Å². The van der Waals surface area contributed by atoms with Gasteiger partial charge in [0.15, 0.2) is 0 Å². The molecule has 0 fully saturated rings. The van der Waals surface area contributed by atoms with Crippen LogP contribution in [-0.2, 0) is 9.53 Å². The highest BCUT2D eigenvalue weighted by molar-refractivity contribution is 7.18. The molecule has 0 radical (unpaired) electrons. The first-order valence-electron chi connectivity index (χ1n) is 8.92. The lowest BCUT2D eigenvalue weighted by atomic mass is 10.1. The van der Waals surface area contributed by atoms with Gasteiger partial charge in [0.1, 0.15) is 11.5 Å². The van der Waals surface area contributed by atoms with Crippen molar-refractivity contribution in [1.29, 1.82) is 0 Å². The molecule has 28 heavy (non-hydrogen) atoms. The quantitative estimate of drug-likeness (QED) is 0.382. The van der Waals surface area contributed by atoms with Crippen LogP contribution in [0.1, 0.15) is 12.5 Å². The molecule has 0 aliphatic carbocycles. The number of ether oxygens (including phenoxy) is 3. The molecule has 2 aromatic carbocycles. The van der Waals surface area contributed by atoms with E-state index in [2.05, 4.69) is 18.2 Å². The van der Waals surface area contributed by atoms with Crippen molar-refractivity contribution in [2.24, 2.45) is 0 Å². The molecule has 1 heterocycles. The van der Waals surface area contributed by atoms with Crippen LogP contribution in [0.3, 0.4) is 0 Å². The van der Waals surface area contributed by atoms with Gasteiger partial charge in [-0.25, -0.2) is 4.79 Å². The van der Waals surface area contributed by atoms with Crippen LogP contribution in [0.5, 0.6) is 11.5 Å². The molecule has 0 aliphatic rings. The number of thiophene rings is 1. The van der Waals surface area contributed by atoms with Crippen LogP contribution in [0.15, 0.2) is 60.7 Å². The molecule has 0 unspecified atom stereocenters. The first-order chi connectivity index (χ1) is 13.6. The Hall–Kier alpha value is -3.05. The minimum atomic E-state index is -0.369. The molecular formula is C23H22O4S. The van der Waals surface area contributed by atoms with E-state index in [1.165, 1.54) is 6.08 Å². The SMILES string of the molecule is CCOC(=O)/C=C/c1cc(-c2ccc(-c3cccc(OC)c3)s2)ccc1OC. The van der Waals surface area contributed by atoms with Crippen LogP contribution < -0.4 is 9.47 Å². The van der Waals surface area contributed by atoms with E-state index >= 15 is 0 Å². The number of benzene rings is 2. The summed E-state index contributed by atoms with van der Waals surface area (Å²) in [4.78, 5) is 13.9. The van der Waals surface area contributed by atoms with Gasteiger partial charge in [-0.15, -0.1) is 11.3 Å². The second-order valence-electron chi connectivity index (χ2n) is 5.94. The van der Waals surface area contributed by atoms with Gasteiger partial charge in [0, 0.05) is 21.4 Å². The molecule has 3 rings (SSSR count). The summed E-state index contributed by atoms with van der Waals surface area (Å²) in [6.07, 6.45) is 3.14. The van der Waals surface area contributed by atoms with Gasteiger partial charge in [0.2, 0.25) is 0 Å². The molecule has 0 atom stereocenters. The van der Waals surface area contributed by atoms with Gasteiger partial charge in [0.25, 0.3) is 0 Å². The number of esters is 1. The number of carbonyl (C=O) groups excluding carboxylic acids is 1. The number of methoxy groups -OCH3 is 2. The first-order valence-corrected chi connectivity index (χ1v) is 9.73. The smallest absolute Gasteiger partial charge is 0.330 e. The van der Waals surface area contributed by atoms with Gasteiger partial charge in [-0.3, -0.25) is 0 Å². The zero-order valence-corrected chi connectivity index (χ0v) is 16.9. The van der Waals surface area contributed by atoms with Crippen LogP contribution in [0.25, 0.3) is 27.0 Å². The Morgan fingerprint density at radius 2 is 1.71 bits per heavy atom. The van der Waals surface area contributed by atoms with E-state index < -0.39 is 0 Å². The highest BCUT2D eigenvalue weighted by atomic mass is 32.1. The number of rotatable bonds is 7. The van der Waals surface area contributed by atoms with Crippen LogP contribution in [0.4, 0.5) is 0 Å². The van der Waals surface area contributed by atoms with Gasteiger partial charge in [-0.2, -0.15) is 0 Å². The van der Waals surface area contributed by atoms with Crippen molar-refractivity contribution in [2.45, 2.75) is 6.92 Å². The Morgan fingerprint density at radius 3 is 2.39 bits per heavy atom.